The van der Waals surface area contributed by atoms with Gasteiger partial charge < -0.3 is 4.90 Å². The summed E-state index contributed by atoms with van der Waals surface area (Å²) in [7, 11) is 0. The fourth-order valence-electron chi connectivity index (χ4n) is 2.39. The van der Waals surface area contributed by atoms with Gasteiger partial charge >= 0.3 is 0 Å². The largest absolute Gasteiger partial charge is 0.339 e. The van der Waals surface area contributed by atoms with Crippen LogP contribution in [0.5, 0.6) is 0 Å². The monoisotopic (exact) mass is 251 g/mol. The zero-order valence-corrected chi connectivity index (χ0v) is 10.9. The number of rotatable bonds is 3. The Labute approximate surface area is 113 Å². The molecule has 0 radical (unpaired) electrons. The number of hydrogen-bond acceptors (Lipinski definition) is 1. The highest BCUT2D eigenvalue weighted by atomic mass is 16.2. The summed E-state index contributed by atoms with van der Waals surface area (Å²) in [6.07, 6.45) is 1.95. The predicted octanol–water partition coefficient (Wildman–Crippen LogP) is 3.12. The lowest BCUT2D eigenvalue weighted by Gasteiger charge is -2.31. The first-order chi connectivity index (χ1) is 9.34. The highest BCUT2D eigenvalue weighted by Crippen LogP contribution is 2.19. The summed E-state index contributed by atoms with van der Waals surface area (Å²) in [5, 5.41) is 0. The highest BCUT2D eigenvalue weighted by Gasteiger charge is 2.23. The Morgan fingerprint density at radius 3 is 2.32 bits per heavy atom. The summed E-state index contributed by atoms with van der Waals surface area (Å²) in [5.74, 6) is 0.179. The number of benzene rings is 2. The molecule has 1 amide bonds. The van der Waals surface area contributed by atoms with Crippen LogP contribution >= 0.6 is 0 Å². The minimum atomic E-state index is 0.179. The first kappa shape index (κ1) is 12.0. The van der Waals surface area contributed by atoms with Gasteiger partial charge in [0.25, 0.3) is 5.91 Å². The quantitative estimate of drug-likeness (QED) is 0.820. The van der Waals surface area contributed by atoms with Gasteiger partial charge in [-0.3, -0.25) is 4.79 Å². The Morgan fingerprint density at radius 1 is 0.947 bits per heavy atom. The van der Waals surface area contributed by atoms with Gasteiger partial charge in [0.05, 0.1) is 0 Å². The fraction of sp³-hybridized carbons (Fsp3) is 0.235. The molecule has 19 heavy (non-hydrogen) atoms. The van der Waals surface area contributed by atoms with Crippen molar-refractivity contribution >= 4 is 5.91 Å². The molecule has 1 fully saturated rings. The molecule has 2 nitrogen and oxygen atoms in total. The van der Waals surface area contributed by atoms with Gasteiger partial charge in [0.15, 0.2) is 0 Å². The van der Waals surface area contributed by atoms with Gasteiger partial charge in [-0.2, -0.15) is 0 Å². The van der Waals surface area contributed by atoms with Crippen LogP contribution in [0.4, 0.5) is 0 Å². The lowest BCUT2D eigenvalue weighted by Crippen LogP contribution is -2.42. The molecule has 0 atom stereocenters. The zero-order valence-electron chi connectivity index (χ0n) is 10.9. The van der Waals surface area contributed by atoms with Crippen molar-refractivity contribution in [1.82, 2.24) is 4.90 Å². The van der Waals surface area contributed by atoms with E-state index in [0.717, 1.165) is 37.1 Å². The first-order valence-corrected chi connectivity index (χ1v) is 6.76. The van der Waals surface area contributed by atoms with Gasteiger partial charge in [0.2, 0.25) is 0 Å². The number of hydrogen-bond donors (Lipinski definition) is 0. The van der Waals surface area contributed by atoms with Crippen LogP contribution in [0.25, 0.3) is 0 Å². The molecule has 1 heterocycles. The second kappa shape index (κ2) is 5.27. The Kier molecular flexibility index (Phi) is 3.32. The maximum absolute atomic E-state index is 12.4. The van der Waals surface area contributed by atoms with Gasteiger partial charge in [-0.05, 0) is 30.0 Å². The van der Waals surface area contributed by atoms with Gasteiger partial charge in [-0.25, -0.2) is 0 Å². The van der Waals surface area contributed by atoms with Crippen LogP contribution in [0.3, 0.4) is 0 Å². The van der Waals surface area contributed by atoms with E-state index in [1.807, 2.05) is 41.3 Å². The number of amides is 1. The van der Waals surface area contributed by atoms with Gasteiger partial charge in [0.1, 0.15) is 0 Å². The molecule has 0 bridgehead atoms. The smallest absolute Gasteiger partial charge is 0.254 e. The minimum absolute atomic E-state index is 0.179. The maximum Gasteiger partial charge on any atom is 0.254 e. The molecule has 0 aliphatic carbocycles. The van der Waals surface area contributed by atoms with Crippen LogP contribution < -0.4 is 0 Å². The molecule has 2 aromatic rings. The van der Waals surface area contributed by atoms with Crippen LogP contribution in [0.2, 0.25) is 0 Å². The van der Waals surface area contributed by atoms with E-state index in [0.29, 0.717) is 0 Å². The summed E-state index contributed by atoms with van der Waals surface area (Å²) >= 11 is 0. The van der Waals surface area contributed by atoms with E-state index in [1.54, 1.807) is 0 Å². The highest BCUT2D eigenvalue weighted by molar-refractivity contribution is 5.96. The van der Waals surface area contributed by atoms with Crippen LogP contribution in [-0.2, 0) is 6.42 Å². The summed E-state index contributed by atoms with van der Waals surface area (Å²) in [6, 6.07) is 18.2. The first-order valence-electron chi connectivity index (χ1n) is 6.76. The van der Waals surface area contributed by atoms with Crippen LogP contribution in [0.15, 0.2) is 54.6 Å². The molecule has 96 valence electrons. The Bertz CT molecular complexity index is 573. The zero-order chi connectivity index (χ0) is 13.1. The molecule has 0 saturated carbocycles. The average molecular weight is 251 g/mol. The molecule has 0 N–H and O–H groups in total. The van der Waals surface area contributed by atoms with Crippen LogP contribution in [0.1, 0.15) is 27.9 Å². The molecule has 2 aromatic carbocycles. The van der Waals surface area contributed by atoms with Crippen molar-refractivity contribution in [2.75, 3.05) is 13.1 Å². The van der Waals surface area contributed by atoms with Crippen molar-refractivity contribution in [3.8, 4) is 0 Å². The third-order valence-corrected chi connectivity index (χ3v) is 3.63. The van der Waals surface area contributed by atoms with Crippen molar-refractivity contribution in [1.29, 1.82) is 0 Å². The number of carbonyl (C=O) groups excluding carboxylic acids is 1. The van der Waals surface area contributed by atoms with Gasteiger partial charge in [-0.1, -0.05) is 48.5 Å². The standard InChI is InChI=1S/C17H17NO/c19-17(18-11-6-12-18)16-10-5-4-9-15(16)13-14-7-2-1-3-8-14/h1-5,7-10H,6,11-13H2. The molecule has 3 rings (SSSR count). The van der Waals surface area contributed by atoms with E-state index in [2.05, 4.69) is 18.2 Å². The fourth-order valence-corrected chi connectivity index (χ4v) is 2.39. The second-order valence-corrected chi connectivity index (χ2v) is 4.97. The normalized spacial score (nSPS) is 14.0. The van der Waals surface area contributed by atoms with Crippen LogP contribution in [-0.4, -0.2) is 23.9 Å². The minimum Gasteiger partial charge on any atom is -0.339 e. The van der Waals surface area contributed by atoms with Crippen molar-refractivity contribution in [3.63, 3.8) is 0 Å². The molecular weight excluding hydrogens is 234 g/mol. The van der Waals surface area contributed by atoms with E-state index in [4.69, 9.17) is 0 Å². The van der Waals surface area contributed by atoms with Crippen molar-refractivity contribution in [2.45, 2.75) is 12.8 Å². The molecule has 0 unspecified atom stereocenters. The average Bonchev–Trinajstić information content (AvgIpc) is 2.38. The molecule has 0 aromatic heterocycles. The van der Waals surface area contributed by atoms with E-state index < -0.39 is 0 Å². The summed E-state index contributed by atoms with van der Waals surface area (Å²) in [4.78, 5) is 14.3. The lowest BCUT2D eigenvalue weighted by atomic mass is 9.98. The van der Waals surface area contributed by atoms with Gasteiger partial charge in [-0.15, -0.1) is 0 Å². The van der Waals surface area contributed by atoms with E-state index >= 15 is 0 Å². The maximum atomic E-state index is 12.4. The SMILES string of the molecule is O=C(c1ccccc1Cc1ccccc1)N1CCC1. The Balaban J connectivity index is 1.87. The van der Waals surface area contributed by atoms with E-state index in [1.165, 1.54) is 5.56 Å². The number of carbonyl (C=O) groups is 1. The summed E-state index contributed by atoms with van der Waals surface area (Å²) < 4.78 is 0. The van der Waals surface area contributed by atoms with Crippen molar-refractivity contribution in [2.24, 2.45) is 0 Å². The van der Waals surface area contributed by atoms with E-state index in [9.17, 15) is 4.79 Å². The number of nitrogens with zero attached hydrogens (tertiary/aromatic N) is 1. The molecule has 0 spiro atoms. The topological polar surface area (TPSA) is 20.3 Å². The summed E-state index contributed by atoms with van der Waals surface area (Å²) in [6.45, 7) is 1.80. The van der Waals surface area contributed by atoms with Crippen LogP contribution in [0, 0.1) is 0 Å². The second-order valence-electron chi connectivity index (χ2n) is 4.97. The molecule has 1 aliphatic rings. The van der Waals surface area contributed by atoms with Crippen molar-refractivity contribution < 1.29 is 4.79 Å². The predicted molar refractivity (Wildman–Crippen MR) is 76.2 cm³/mol. The summed E-state index contributed by atoms with van der Waals surface area (Å²) in [5.41, 5.74) is 3.21. The van der Waals surface area contributed by atoms with Crippen molar-refractivity contribution in [3.05, 3.63) is 71.3 Å². The van der Waals surface area contributed by atoms with E-state index in [-0.39, 0.29) is 5.91 Å². The molecule has 2 heteroatoms. The third-order valence-electron chi connectivity index (χ3n) is 3.63. The molecule has 1 aliphatic heterocycles. The third kappa shape index (κ3) is 2.53. The van der Waals surface area contributed by atoms with Gasteiger partial charge in [0, 0.05) is 18.7 Å². The Morgan fingerprint density at radius 2 is 1.63 bits per heavy atom. The molecular formula is C17H17NO. The number of likely N-dealkylation sites (tertiary alicyclic amines) is 1. The molecule has 1 saturated heterocycles. The lowest BCUT2D eigenvalue weighted by molar-refractivity contribution is 0.0651. The Hall–Kier alpha value is -2.09.